The molecule has 3 rings (SSSR count). The predicted molar refractivity (Wildman–Crippen MR) is 86.8 cm³/mol. The van der Waals surface area contributed by atoms with Gasteiger partial charge in [0.1, 0.15) is 5.75 Å². The van der Waals surface area contributed by atoms with Gasteiger partial charge >= 0.3 is 0 Å². The third-order valence-electron chi connectivity index (χ3n) is 4.88. The van der Waals surface area contributed by atoms with Crippen LogP contribution in [-0.4, -0.2) is 14.2 Å². The molecule has 1 saturated carbocycles. The van der Waals surface area contributed by atoms with Crippen LogP contribution in [0.3, 0.4) is 0 Å². The van der Waals surface area contributed by atoms with Gasteiger partial charge in [0.05, 0.1) is 7.11 Å². The second-order valence-electron chi connectivity index (χ2n) is 5.87. The minimum atomic E-state index is 0.227. The standard InChI is InChI=1S/C19H23NO/c1-20-18(15-9-11-17(21-2)12-10-15)19(13-6-14-19)16-7-4-3-5-8-16/h3-5,7-12,18,20H,6,13-14H2,1-2H3. The zero-order valence-corrected chi connectivity index (χ0v) is 12.8. The van der Waals surface area contributed by atoms with Crippen molar-refractivity contribution in [2.75, 3.05) is 14.2 Å². The molecule has 1 fully saturated rings. The van der Waals surface area contributed by atoms with Gasteiger partial charge in [0, 0.05) is 11.5 Å². The molecule has 1 aliphatic rings. The first kappa shape index (κ1) is 14.2. The van der Waals surface area contributed by atoms with Crippen molar-refractivity contribution in [2.45, 2.75) is 30.7 Å². The van der Waals surface area contributed by atoms with Crippen LogP contribution >= 0.6 is 0 Å². The van der Waals surface area contributed by atoms with E-state index in [0.29, 0.717) is 6.04 Å². The van der Waals surface area contributed by atoms with Crippen LogP contribution in [0.2, 0.25) is 0 Å². The first-order valence-electron chi connectivity index (χ1n) is 7.67. The van der Waals surface area contributed by atoms with Crippen molar-refractivity contribution in [3.63, 3.8) is 0 Å². The zero-order valence-electron chi connectivity index (χ0n) is 12.8. The van der Waals surface area contributed by atoms with E-state index in [2.05, 4.69) is 67.0 Å². The molecule has 2 heteroatoms. The van der Waals surface area contributed by atoms with Gasteiger partial charge in [-0.05, 0) is 43.1 Å². The fourth-order valence-electron chi connectivity index (χ4n) is 3.63. The molecular weight excluding hydrogens is 258 g/mol. The number of hydrogen-bond donors (Lipinski definition) is 1. The van der Waals surface area contributed by atoms with Crippen LogP contribution in [0.4, 0.5) is 0 Å². The van der Waals surface area contributed by atoms with E-state index >= 15 is 0 Å². The highest BCUT2D eigenvalue weighted by atomic mass is 16.5. The predicted octanol–water partition coefficient (Wildman–Crippen LogP) is 4.08. The van der Waals surface area contributed by atoms with Gasteiger partial charge in [-0.1, -0.05) is 48.9 Å². The van der Waals surface area contributed by atoms with Crippen molar-refractivity contribution in [1.29, 1.82) is 0 Å². The summed E-state index contributed by atoms with van der Waals surface area (Å²) in [4.78, 5) is 0. The monoisotopic (exact) mass is 281 g/mol. The molecule has 0 spiro atoms. The second-order valence-corrected chi connectivity index (χ2v) is 5.87. The molecule has 0 heterocycles. The van der Waals surface area contributed by atoms with Gasteiger partial charge in [-0.25, -0.2) is 0 Å². The molecule has 2 nitrogen and oxygen atoms in total. The fourth-order valence-corrected chi connectivity index (χ4v) is 3.63. The summed E-state index contributed by atoms with van der Waals surface area (Å²) in [7, 11) is 3.78. The summed E-state index contributed by atoms with van der Waals surface area (Å²) in [6.07, 6.45) is 3.80. The summed E-state index contributed by atoms with van der Waals surface area (Å²) >= 11 is 0. The van der Waals surface area contributed by atoms with Crippen molar-refractivity contribution in [3.8, 4) is 5.75 Å². The minimum absolute atomic E-state index is 0.227. The van der Waals surface area contributed by atoms with E-state index in [-0.39, 0.29) is 5.41 Å². The molecule has 1 unspecified atom stereocenters. The zero-order chi connectivity index (χ0) is 14.7. The third-order valence-corrected chi connectivity index (χ3v) is 4.88. The molecule has 0 aromatic heterocycles. The quantitative estimate of drug-likeness (QED) is 0.891. The number of likely N-dealkylation sites (N-methyl/N-ethyl adjacent to an activating group) is 1. The van der Waals surface area contributed by atoms with Gasteiger partial charge in [-0.15, -0.1) is 0 Å². The molecular formula is C19H23NO. The van der Waals surface area contributed by atoms with Crippen LogP contribution in [0.25, 0.3) is 0 Å². The lowest BCUT2D eigenvalue weighted by Gasteiger charge is -2.48. The number of benzene rings is 2. The van der Waals surface area contributed by atoms with Crippen LogP contribution in [-0.2, 0) is 5.41 Å². The van der Waals surface area contributed by atoms with E-state index in [1.807, 2.05) is 0 Å². The highest BCUT2D eigenvalue weighted by Gasteiger charge is 2.45. The molecule has 0 bridgehead atoms. The molecule has 110 valence electrons. The molecule has 0 radical (unpaired) electrons. The number of hydrogen-bond acceptors (Lipinski definition) is 2. The Morgan fingerprint density at radius 3 is 2.14 bits per heavy atom. The van der Waals surface area contributed by atoms with Gasteiger partial charge < -0.3 is 10.1 Å². The fraction of sp³-hybridized carbons (Fsp3) is 0.368. The number of nitrogens with one attached hydrogen (secondary N) is 1. The van der Waals surface area contributed by atoms with E-state index < -0.39 is 0 Å². The number of methoxy groups -OCH3 is 1. The molecule has 0 aliphatic heterocycles. The van der Waals surface area contributed by atoms with Crippen LogP contribution in [0.1, 0.15) is 36.4 Å². The lowest BCUT2D eigenvalue weighted by Crippen LogP contribution is -2.45. The van der Waals surface area contributed by atoms with Crippen molar-refractivity contribution in [2.24, 2.45) is 0 Å². The van der Waals surface area contributed by atoms with Crippen LogP contribution < -0.4 is 10.1 Å². The Bertz CT molecular complexity index is 572. The van der Waals surface area contributed by atoms with Crippen molar-refractivity contribution in [1.82, 2.24) is 5.32 Å². The maximum absolute atomic E-state index is 5.27. The van der Waals surface area contributed by atoms with Gasteiger partial charge in [-0.2, -0.15) is 0 Å². The summed E-state index contributed by atoms with van der Waals surface area (Å²) in [5, 5.41) is 3.56. The van der Waals surface area contributed by atoms with E-state index in [1.165, 1.54) is 30.4 Å². The molecule has 0 saturated heterocycles. The molecule has 21 heavy (non-hydrogen) atoms. The average molecular weight is 281 g/mol. The molecule has 2 aromatic carbocycles. The van der Waals surface area contributed by atoms with E-state index in [9.17, 15) is 0 Å². The number of rotatable bonds is 5. The second kappa shape index (κ2) is 5.90. The minimum Gasteiger partial charge on any atom is -0.497 e. The van der Waals surface area contributed by atoms with E-state index in [0.717, 1.165) is 5.75 Å². The summed E-state index contributed by atoms with van der Waals surface area (Å²) < 4.78 is 5.27. The van der Waals surface area contributed by atoms with Crippen LogP contribution in [0, 0.1) is 0 Å². The third kappa shape index (κ3) is 2.44. The first-order valence-corrected chi connectivity index (χ1v) is 7.67. The van der Waals surface area contributed by atoms with Gasteiger partial charge in [0.2, 0.25) is 0 Å². The van der Waals surface area contributed by atoms with Gasteiger partial charge in [-0.3, -0.25) is 0 Å². The van der Waals surface area contributed by atoms with Crippen LogP contribution in [0.15, 0.2) is 54.6 Å². The van der Waals surface area contributed by atoms with Gasteiger partial charge in [0.25, 0.3) is 0 Å². The SMILES string of the molecule is CNC(c1ccc(OC)cc1)C1(c2ccccc2)CCC1. The largest absolute Gasteiger partial charge is 0.497 e. The molecule has 0 amide bonds. The Morgan fingerprint density at radius 1 is 1.00 bits per heavy atom. The van der Waals surface area contributed by atoms with Crippen molar-refractivity contribution >= 4 is 0 Å². The van der Waals surface area contributed by atoms with E-state index in [1.54, 1.807) is 7.11 Å². The Hall–Kier alpha value is -1.80. The topological polar surface area (TPSA) is 21.3 Å². The highest BCUT2D eigenvalue weighted by Crippen LogP contribution is 2.52. The normalized spacial score (nSPS) is 17.8. The molecule has 1 aliphatic carbocycles. The van der Waals surface area contributed by atoms with Gasteiger partial charge in [0.15, 0.2) is 0 Å². The Balaban J connectivity index is 1.97. The summed E-state index contributed by atoms with van der Waals surface area (Å²) in [6, 6.07) is 19.8. The summed E-state index contributed by atoms with van der Waals surface area (Å²) in [6.45, 7) is 0. The first-order chi connectivity index (χ1) is 10.3. The highest BCUT2D eigenvalue weighted by molar-refractivity contribution is 5.37. The molecule has 2 aromatic rings. The Morgan fingerprint density at radius 2 is 1.67 bits per heavy atom. The van der Waals surface area contributed by atoms with Crippen LogP contribution in [0.5, 0.6) is 5.75 Å². The molecule has 1 N–H and O–H groups in total. The Kier molecular flexibility index (Phi) is 3.98. The summed E-state index contributed by atoms with van der Waals surface area (Å²) in [5.74, 6) is 0.913. The van der Waals surface area contributed by atoms with Crippen molar-refractivity contribution in [3.05, 3.63) is 65.7 Å². The average Bonchev–Trinajstić information content (AvgIpc) is 2.52. The number of ether oxygens (including phenoxy) is 1. The maximum Gasteiger partial charge on any atom is 0.118 e. The maximum atomic E-state index is 5.27. The van der Waals surface area contributed by atoms with Crippen molar-refractivity contribution < 1.29 is 4.74 Å². The lowest BCUT2D eigenvalue weighted by molar-refractivity contribution is 0.175. The lowest BCUT2D eigenvalue weighted by atomic mass is 9.59. The smallest absolute Gasteiger partial charge is 0.118 e. The van der Waals surface area contributed by atoms with E-state index in [4.69, 9.17) is 4.74 Å². The summed E-state index contributed by atoms with van der Waals surface area (Å²) in [5.41, 5.74) is 3.01. The Labute approximate surface area is 127 Å². The molecule has 1 atom stereocenters.